The number of rotatable bonds is 7. The summed E-state index contributed by atoms with van der Waals surface area (Å²) in [7, 11) is 0. The van der Waals surface area contributed by atoms with E-state index in [1.165, 1.54) is 12.8 Å². The van der Waals surface area contributed by atoms with E-state index in [1.807, 2.05) is 31.2 Å². The largest absolute Gasteiger partial charge is 0.482 e. The molecular weight excluding hydrogens is 340 g/mol. The molecule has 1 amide bonds. The SMILES string of the molecule is Cc1ccc([C@H](CNC(=O)COc2ccccc2Cl)N2CCCC2)o1. The van der Waals surface area contributed by atoms with Crippen molar-refractivity contribution in [2.45, 2.75) is 25.8 Å². The number of nitrogens with zero attached hydrogens (tertiary/aromatic N) is 1. The Bertz CT molecular complexity index is 710. The van der Waals surface area contributed by atoms with E-state index in [0.717, 1.165) is 24.6 Å². The molecule has 1 aromatic carbocycles. The van der Waals surface area contributed by atoms with Crippen molar-refractivity contribution in [1.82, 2.24) is 10.2 Å². The molecular formula is C19H23ClN2O3. The van der Waals surface area contributed by atoms with Gasteiger partial charge in [0.2, 0.25) is 0 Å². The molecule has 1 aromatic heterocycles. The third-order valence-electron chi connectivity index (χ3n) is 4.36. The van der Waals surface area contributed by atoms with Crippen molar-refractivity contribution in [3.8, 4) is 5.75 Å². The molecule has 2 aromatic rings. The Hall–Kier alpha value is -1.98. The number of carbonyl (C=O) groups excluding carboxylic acids is 1. The van der Waals surface area contributed by atoms with E-state index < -0.39 is 0 Å². The lowest BCUT2D eigenvalue weighted by molar-refractivity contribution is -0.123. The number of ether oxygens (including phenoxy) is 1. The molecule has 3 rings (SSSR count). The summed E-state index contributed by atoms with van der Waals surface area (Å²) >= 11 is 6.03. The van der Waals surface area contributed by atoms with E-state index in [1.54, 1.807) is 12.1 Å². The Morgan fingerprint density at radius 1 is 1.28 bits per heavy atom. The zero-order valence-electron chi connectivity index (χ0n) is 14.3. The van der Waals surface area contributed by atoms with E-state index in [2.05, 4.69) is 10.2 Å². The number of carbonyl (C=O) groups is 1. The predicted molar refractivity (Wildman–Crippen MR) is 96.9 cm³/mol. The molecule has 1 fully saturated rings. The maximum absolute atomic E-state index is 12.2. The maximum atomic E-state index is 12.2. The molecule has 1 aliphatic heterocycles. The van der Waals surface area contributed by atoms with Gasteiger partial charge in [0, 0.05) is 6.54 Å². The highest BCUT2D eigenvalue weighted by Crippen LogP contribution is 2.26. The van der Waals surface area contributed by atoms with E-state index in [9.17, 15) is 4.79 Å². The third kappa shape index (κ3) is 4.77. The minimum absolute atomic E-state index is 0.0560. The molecule has 0 saturated carbocycles. The van der Waals surface area contributed by atoms with Crippen molar-refractivity contribution >= 4 is 17.5 Å². The van der Waals surface area contributed by atoms with E-state index in [4.69, 9.17) is 20.8 Å². The number of benzene rings is 1. The Labute approximate surface area is 152 Å². The first kappa shape index (κ1) is 17.8. The topological polar surface area (TPSA) is 54.7 Å². The summed E-state index contributed by atoms with van der Waals surface area (Å²) in [6, 6.07) is 11.1. The van der Waals surface area contributed by atoms with Crippen molar-refractivity contribution in [3.05, 3.63) is 52.9 Å². The summed E-state index contributed by atoms with van der Waals surface area (Å²) < 4.78 is 11.3. The van der Waals surface area contributed by atoms with Crippen LogP contribution in [0.25, 0.3) is 0 Å². The Morgan fingerprint density at radius 2 is 2.04 bits per heavy atom. The normalized spacial score (nSPS) is 15.9. The standard InChI is InChI=1S/C19H23ClN2O3/c1-14-8-9-18(25-14)16(22-10-4-5-11-22)12-21-19(23)13-24-17-7-3-2-6-15(17)20/h2-3,6-9,16H,4-5,10-13H2,1H3,(H,21,23)/t16-/m0/s1. The average molecular weight is 363 g/mol. The molecule has 0 radical (unpaired) electrons. The van der Waals surface area contributed by atoms with Gasteiger partial charge in [-0.3, -0.25) is 9.69 Å². The fraction of sp³-hybridized carbons (Fsp3) is 0.421. The van der Waals surface area contributed by atoms with Crippen LogP contribution in [0, 0.1) is 6.92 Å². The zero-order chi connectivity index (χ0) is 17.6. The predicted octanol–water partition coefficient (Wildman–Crippen LogP) is 3.57. The molecule has 1 aliphatic rings. The summed E-state index contributed by atoms with van der Waals surface area (Å²) in [5, 5.41) is 3.44. The molecule has 6 heteroatoms. The number of hydrogen-bond donors (Lipinski definition) is 1. The molecule has 134 valence electrons. The van der Waals surface area contributed by atoms with Gasteiger partial charge < -0.3 is 14.5 Å². The highest BCUT2D eigenvalue weighted by molar-refractivity contribution is 6.32. The molecule has 1 saturated heterocycles. The lowest BCUT2D eigenvalue weighted by Gasteiger charge is -2.26. The zero-order valence-corrected chi connectivity index (χ0v) is 15.1. The second-order valence-electron chi connectivity index (χ2n) is 6.23. The third-order valence-corrected chi connectivity index (χ3v) is 4.67. The molecule has 0 spiro atoms. The van der Waals surface area contributed by atoms with Gasteiger partial charge in [-0.1, -0.05) is 23.7 Å². The van der Waals surface area contributed by atoms with Gasteiger partial charge in [0.25, 0.3) is 5.91 Å². The van der Waals surface area contributed by atoms with Crippen molar-refractivity contribution in [2.24, 2.45) is 0 Å². The van der Waals surface area contributed by atoms with Crippen molar-refractivity contribution in [1.29, 1.82) is 0 Å². The molecule has 5 nitrogen and oxygen atoms in total. The molecule has 25 heavy (non-hydrogen) atoms. The second-order valence-corrected chi connectivity index (χ2v) is 6.64. The fourth-order valence-electron chi connectivity index (χ4n) is 3.06. The Balaban J connectivity index is 1.55. The van der Waals surface area contributed by atoms with Crippen LogP contribution in [-0.4, -0.2) is 37.0 Å². The molecule has 0 aliphatic carbocycles. The highest BCUT2D eigenvalue weighted by atomic mass is 35.5. The second kappa shape index (κ2) is 8.41. The summed E-state index contributed by atoms with van der Waals surface area (Å²) in [5.41, 5.74) is 0. The van der Waals surface area contributed by atoms with Crippen LogP contribution in [-0.2, 0) is 4.79 Å². The van der Waals surface area contributed by atoms with Gasteiger partial charge in [0.15, 0.2) is 6.61 Å². The van der Waals surface area contributed by atoms with Crippen molar-refractivity contribution < 1.29 is 13.9 Å². The average Bonchev–Trinajstić information content (AvgIpc) is 3.27. The molecule has 0 bridgehead atoms. The van der Waals surface area contributed by atoms with Crippen LogP contribution >= 0.6 is 11.6 Å². The fourth-order valence-corrected chi connectivity index (χ4v) is 3.25. The Kier molecular flexibility index (Phi) is 6.00. The van der Waals surface area contributed by atoms with Crippen LogP contribution in [0.4, 0.5) is 0 Å². The maximum Gasteiger partial charge on any atom is 0.258 e. The number of nitrogens with one attached hydrogen (secondary N) is 1. The van der Waals surface area contributed by atoms with Gasteiger partial charge in [-0.15, -0.1) is 0 Å². The van der Waals surface area contributed by atoms with E-state index in [0.29, 0.717) is 17.3 Å². The van der Waals surface area contributed by atoms with E-state index in [-0.39, 0.29) is 18.6 Å². The first-order valence-corrected chi connectivity index (χ1v) is 8.95. The number of hydrogen-bond acceptors (Lipinski definition) is 4. The summed E-state index contributed by atoms with van der Waals surface area (Å²) in [6.07, 6.45) is 2.36. The number of amides is 1. The van der Waals surface area contributed by atoms with Crippen LogP contribution in [0.1, 0.15) is 30.4 Å². The van der Waals surface area contributed by atoms with Crippen molar-refractivity contribution in [2.75, 3.05) is 26.2 Å². The van der Waals surface area contributed by atoms with Gasteiger partial charge in [-0.2, -0.15) is 0 Å². The number of likely N-dealkylation sites (tertiary alicyclic amines) is 1. The van der Waals surface area contributed by atoms with Crippen LogP contribution < -0.4 is 10.1 Å². The minimum atomic E-state index is -0.174. The summed E-state index contributed by atoms with van der Waals surface area (Å²) in [6.45, 7) is 4.42. The quantitative estimate of drug-likeness (QED) is 0.818. The van der Waals surface area contributed by atoms with Crippen molar-refractivity contribution in [3.63, 3.8) is 0 Å². The van der Waals surface area contributed by atoms with Crippen LogP contribution in [0.5, 0.6) is 5.75 Å². The number of para-hydroxylation sites is 1. The number of furan rings is 1. The van der Waals surface area contributed by atoms with Gasteiger partial charge in [-0.05, 0) is 57.1 Å². The van der Waals surface area contributed by atoms with Gasteiger partial charge in [0.1, 0.15) is 17.3 Å². The monoisotopic (exact) mass is 362 g/mol. The van der Waals surface area contributed by atoms with Crippen LogP contribution in [0.3, 0.4) is 0 Å². The van der Waals surface area contributed by atoms with E-state index >= 15 is 0 Å². The number of aryl methyl sites for hydroxylation is 1. The van der Waals surface area contributed by atoms with Gasteiger partial charge in [-0.25, -0.2) is 0 Å². The molecule has 0 unspecified atom stereocenters. The summed E-state index contributed by atoms with van der Waals surface area (Å²) in [5.74, 6) is 2.11. The van der Waals surface area contributed by atoms with Crippen LogP contribution in [0.2, 0.25) is 5.02 Å². The molecule has 1 N–H and O–H groups in total. The highest BCUT2D eigenvalue weighted by Gasteiger charge is 2.26. The Morgan fingerprint density at radius 3 is 2.72 bits per heavy atom. The first-order valence-electron chi connectivity index (χ1n) is 8.58. The van der Waals surface area contributed by atoms with Gasteiger partial charge >= 0.3 is 0 Å². The van der Waals surface area contributed by atoms with Gasteiger partial charge in [0.05, 0.1) is 11.1 Å². The van der Waals surface area contributed by atoms with Crippen LogP contribution in [0.15, 0.2) is 40.8 Å². The molecule has 2 heterocycles. The lowest BCUT2D eigenvalue weighted by atomic mass is 10.2. The smallest absolute Gasteiger partial charge is 0.258 e. The lowest BCUT2D eigenvalue weighted by Crippen LogP contribution is -2.38. The first-order chi connectivity index (χ1) is 12.1. The number of halogens is 1. The summed E-state index contributed by atoms with van der Waals surface area (Å²) in [4.78, 5) is 14.5. The minimum Gasteiger partial charge on any atom is -0.482 e. The molecule has 1 atom stereocenters.